The summed E-state index contributed by atoms with van der Waals surface area (Å²) in [5.74, 6) is -0.167. The minimum Gasteiger partial charge on any atom is -0.469 e. The fourth-order valence-electron chi connectivity index (χ4n) is 3.64. The van der Waals surface area contributed by atoms with Gasteiger partial charge in [0.1, 0.15) is 5.54 Å². The SMILES string of the molecule is COC(=O)CCCN1C(=O)NC2(C1=O)C(C)CCCC2C. The second kappa shape index (κ2) is 6.03. The van der Waals surface area contributed by atoms with Gasteiger partial charge in [0.05, 0.1) is 7.11 Å². The van der Waals surface area contributed by atoms with E-state index >= 15 is 0 Å². The summed E-state index contributed by atoms with van der Waals surface area (Å²) in [4.78, 5) is 37.3. The van der Waals surface area contributed by atoms with Crippen LogP contribution < -0.4 is 5.32 Å². The van der Waals surface area contributed by atoms with E-state index in [0.717, 1.165) is 19.3 Å². The topological polar surface area (TPSA) is 75.7 Å². The summed E-state index contributed by atoms with van der Waals surface area (Å²) in [5.41, 5.74) is -0.749. The number of hydrogen-bond donors (Lipinski definition) is 1. The van der Waals surface area contributed by atoms with Crippen LogP contribution >= 0.6 is 0 Å². The Morgan fingerprint density at radius 2 is 1.95 bits per heavy atom. The van der Waals surface area contributed by atoms with Gasteiger partial charge in [0.25, 0.3) is 5.91 Å². The average molecular weight is 296 g/mol. The van der Waals surface area contributed by atoms with Gasteiger partial charge >= 0.3 is 12.0 Å². The fourth-order valence-corrected chi connectivity index (χ4v) is 3.64. The Hall–Kier alpha value is -1.59. The summed E-state index contributed by atoms with van der Waals surface area (Å²) in [5, 5.41) is 2.94. The number of nitrogens with one attached hydrogen (secondary N) is 1. The Kier molecular flexibility index (Phi) is 4.54. The summed E-state index contributed by atoms with van der Waals surface area (Å²) >= 11 is 0. The van der Waals surface area contributed by atoms with E-state index in [2.05, 4.69) is 10.1 Å². The highest BCUT2D eigenvalue weighted by atomic mass is 16.5. The van der Waals surface area contributed by atoms with E-state index in [0.29, 0.717) is 6.42 Å². The van der Waals surface area contributed by atoms with Crippen LogP contribution in [0.4, 0.5) is 4.79 Å². The van der Waals surface area contributed by atoms with Crippen molar-refractivity contribution in [3.8, 4) is 0 Å². The van der Waals surface area contributed by atoms with Crippen molar-refractivity contribution in [2.75, 3.05) is 13.7 Å². The first kappa shape index (κ1) is 15.8. The highest BCUT2D eigenvalue weighted by Crippen LogP contribution is 2.42. The Morgan fingerprint density at radius 3 is 2.52 bits per heavy atom. The molecule has 0 aromatic heterocycles. The Morgan fingerprint density at radius 1 is 1.33 bits per heavy atom. The lowest BCUT2D eigenvalue weighted by atomic mass is 9.67. The minimum atomic E-state index is -0.749. The molecule has 1 heterocycles. The number of esters is 1. The van der Waals surface area contributed by atoms with E-state index in [9.17, 15) is 14.4 Å². The largest absolute Gasteiger partial charge is 0.469 e. The Balaban J connectivity index is 2.07. The maximum atomic E-state index is 12.8. The molecule has 0 radical (unpaired) electrons. The summed E-state index contributed by atoms with van der Waals surface area (Å²) in [7, 11) is 1.33. The van der Waals surface area contributed by atoms with Crippen LogP contribution in [0, 0.1) is 11.8 Å². The lowest BCUT2D eigenvalue weighted by Gasteiger charge is -2.42. The van der Waals surface area contributed by atoms with Crippen molar-refractivity contribution in [3.05, 3.63) is 0 Å². The van der Waals surface area contributed by atoms with Gasteiger partial charge in [-0.15, -0.1) is 0 Å². The number of carbonyl (C=O) groups excluding carboxylic acids is 3. The van der Waals surface area contributed by atoms with E-state index in [1.54, 1.807) is 0 Å². The average Bonchev–Trinajstić information content (AvgIpc) is 2.70. The van der Waals surface area contributed by atoms with Crippen LogP contribution in [0.15, 0.2) is 0 Å². The van der Waals surface area contributed by atoms with E-state index < -0.39 is 5.54 Å². The molecule has 1 N–H and O–H groups in total. The fraction of sp³-hybridized carbons (Fsp3) is 0.800. The molecule has 0 aromatic rings. The summed E-state index contributed by atoms with van der Waals surface area (Å²) in [6.45, 7) is 4.33. The molecule has 21 heavy (non-hydrogen) atoms. The normalized spacial score (nSPS) is 32.4. The van der Waals surface area contributed by atoms with Gasteiger partial charge in [0, 0.05) is 13.0 Å². The van der Waals surface area contributed by atoms with Crippen molar-refractivity contribution in [2.45, 2.75) is 51.5 Å². The predicted molar refractivity (Wildman–Crippen MR) is 76.4 cm³/mol. The number of nitrogens with zero attached hydrogens (tertiary/aromatic N) is 1. The quantitative estimate of drug-likeness (QED) is 0.632. The molecule has 6 nitrogen and oxygen atoms in total. The van der Waals surface area contributed by atoms with Crippen molar-refractivity contribution in [2.24, 2.45) is 11.8 Å². The maximum Gasteiger partial charge on any atom is 0.325 e. The molecular formula is C15H24N2O4. The van der Waals surface area contributed by atoms with Gasteiger partial charge in [-0.1, -0.05) is 20.3 Å². The van der Waals surface area contributed by atoms with Crippen molar-refractivity contribution in [3.63, 3.8) is 0 Å². The van der Waals surface area contributed by atoms with Crippen LogP contribution in [0.5, 0.6) is 0 Å². The Bertz CT molecular complexity index is 439. The predicted octanol–water partition coefficient (Wildman–Crippen LogP) is 1.69. The summed E-state index contributed by atoms with van der Waals surface area (Å²) in [6.07, 6.45) is 3.64. The number of carbonyl (C=O) groups is 3. The molecule has 0 aromatic carbocycles. The summed E-state index contributed by atoms with van der Waals surface area (Å²) < 4.78 is 4.57. The van der Waals surface area contributed by atoms with Gasteiger partial charge in [0.2, 0.25) is 0 Å². The van der Waals surface area contributed by atoms with Crippen molar-refractivity contribution < 1.29 is 19.1 Å². The highest BCUT2D eigenvalue weighted by molar-refractivity contribution is 6.07. The zero-order valence-electron chi connectivity index (χ0n) is 13.0. The zero-order valence-corrected chi connectivity index (χ0v) is 13.0. The number of urea groups is 1. The second-order valence-electron chi connectivity index (χ2n) is 6.17. The van der Waals surface area contributed by atoms with Crippen LogP contribution in [0.3, 0.4) is 0 Å². The molecule has 3 amide bonds. The molecule has 2 rings (SSSR count). The number of rotatable bonds is 4. The van der Waals surface area contributed by atoms with Crippen molar-refractivity contribution in [1.29, 1.82) is 0 Å². The zero-order chi connectivity index (χ0) is 15.6. The highest BCUT2D eigenvalue weighted by Gasteiger charge is 2.58. The number of hydrogen-bond acceptors (Lipinski definition) is 4. The molecule has 1 aliphatic carbocycles. The first-order chi connectivity index (χ1) is 9.93. The van der Waals surface area contributed by atoms with Crippen molar-refractivity contribution in [1.82, 2.24) is 10.2 Å². The van der Waals surface area contributed by atoms with Gasteiger partial charge < -0.3 is 10.1 Å². The molecule has 1 saturated heterocycles. The van der Waals surface area contributed by atoms with Gasteiger partial charge in [-0.05, 0) is 31.1 Å². The van der Waals surface area contributed by atoms with E-state index in [1.807, 2.05) is 13.8 Å². The third kappa shape index (κ3) is 2.63. The second-order valence-corrected chi connectivity index (χ2v) is 6.17. The molecular weight excluding hydrogens is 272 g/mol. The molecule has 1 aliphatic heterocycles. The molecule has 2 aliphatic rings. The van der Waals surface area contributed by atoms with Crippen LogP contribution in [0.1, 0.15) is 46.0 Å². The van der Waals surface area contributed by atoms with Crippen molar-refractivity contribution >= 4 is 17.9 Å². The standard InChI is InChI=1S/C15H24N2O4/c1-10-6-4-7-11(2)15(10)13(19)17(14(20)16-15)9-5-8-12(18)21-3/h10-11H,4-9H2,1-3H3,(H,16,20). The van der Waals surface area contributed by atoms with E-state index in [-0.39, 0.29) is 42.7 Å². The molecule has 6 heteroatoms. The van der Waals surface area contributed by atoms with Gasteiger partial charge in [-0.3, -0.25) is 14.5 Å². The lowest BCUT2D eigenvalue weighted by Crippen LogP contribution is -2.58. The molecule has 2 fully saturated rings. The molecule has 118 valence electrons. The first-order valence-corrected chi connectivity index (χ1v) is 7.64. The lowest BCUT2D eigenvalue weighted by molar-refractivity contribution is -0.141. The molecule has 1 spiro atoms. The van der Waals surface area contributed by atoms with Crippen LogP contribution in [0.2, 0.25) is 0 Å². The molecule has 2 atom stereocenters. The Labute approximate surface area is 125 Å². The molecule has 0 bridgehead atoms. The maximum absolute atomic E-state index is 12.8. The smallest absolute Gasteiger partial charge is 0.325 e. The monoisotopic (exact) mass is 296 g/mol. The van der Waals surface area contributed by atoms with Crippen LogP contribution in [0.25, 0.3) is 0 Å². The third-order valence-corrected chi connectivity index (χ3v) is 4.98. The summed E-state index contributed by atoms with van der Waals surface area (Å²) in [6, 6.07) is -0.328. The third-order valence-electron chi connectivity index (χ3n) is 4.98. The number of imide groups is 1. The van der Waals surface area contributed by atoms with E-state index in [4.69, 9.17) is 0 Å². The van der Waals surface area contributed by atoms with E-state index in [1.165, 1.54) is 12.0 Å². The van der Waals surface area contributed by atoms with Gasteiger partial charge in [0.15, 0.2) is 0 Å². The minimum absolute atomic E-state index is 0.128. The molecule has 2 unspecified atom stereocenters. The van der Waals surface area contributed by atoms with Crippen LogP contribution in [-0.4, -0.2) is 42.0 Å². The van der Waals surface area contributed by atoms with Crippen LogP contribution in [-0.2, 0) is 14.3 Å². The number of amides is 3. The van der Waals surface area contributed by atoms with Gasteiger partial charge in [-0.25, -0.2) is 4.79 Å². The first-order valence-electron chi connectivity index (χ1n) is 7.64. The van der Waals surface area contributed by atoms with Gasteiger partial charge in [-0.2, -0.15) is 0 Å². The number of ether oxygens (including phenoxy) is 1. The molecule has 1 saturated carbocycles. The number of methoxy groups -OCH3 is 1.